The summed E-state index contributed by atoms with van der Waals surface area (Å²) in [7, 11) is 0. The van der Waals surface area contributed by atoms with Crippen LogP contribution in [0.4, 0.5) is 11.5 Å². The number of nitrogens with one attached hydrogen (secondary N) is 1. The fourth-order valence-corrected chi connectivity index (χ4v) is 2.16. The Kier molecular flexibility index (Phi) is 6.02. The number of carbonyl (C=O) groups excluding carboxylic acids is 1. The number of non-ortho nitro benzene ring substituents is 1. The maximum atomic E-state index is 12.1. The summed E-state index contributed by atoms with van der Waals surface area (Å²) in [4.78, 5) is 30.1. The van der Waals surface area contributed by atoms with Crippen LogP contribution in [0.5, 0.6) is 0 Å². The smallest absolute Gasteiger partial charge is 0.328 e. The van der Waals surface area contributed by atoms with E-state index in [1.165, 1.54) is 24.5 Å². The number of halogens is 1. The van der Waals surface area contributed by atoms with Gasteiger partial charge in [-0.1, -0.05) is 23.7 Å². The minimum absolute atomic E-state index is 0.0121. The van der Waals surface area contributed by atoms with E-state index in [9.17, 15) is 14.9 Å². The molecule has 0 bridgehead atoms. The fourth-order valence-electron chi connectivity index (χ4n) is 2.02. The number of nitrogens with zero attached hydrogens (tertiary/aromatic N) is 3. The van der Waals surface area contributed by atoms with Crippen molar-refractivity contribution < 1.29 is 14.5 Å². The van der Waals surface area contributed by atoms with E-state index in [0.717, 1.165) is 5.56 Å². The first-order valence-electron chi connectivity index (χ1n) is 7.13. The second-order valence-corrected chi connectivity index (χ2v) is 5.19. The summed E-state index contributed by atoms with van der Waals surface area (Å²) in [5.74, 6) is -0.0689. The van der Waals surface area contributed by atoms with Crippen LogP contribution >= 0.6 is 11.6 Å². The van der Waals surface area contributed by atoms with Gasteiger partial charge in [-0.2, -0.15) is 0 Å². The first kappa shape index (κ1) is 17.6. The third-order valence-corrected chi connectivity index (χ3v) is 3.32. The molecule has 0 amide bonds. The Hall–Kier alpha value is -2.74. The van der Waals surface area contributed by atoms with E-state index in [-0.39, 0.29) is 23.9 Å². The molecule has 0 aliphatic heterocycles. The third kappa shape index (κ3) is 4.88. The first-order valence-corrected chi connectivity index (χ1v) is 7.51. The Labute approximate surface area is 143 Å². The van der Waals surface area contributed by atoms with Gasteiger partial charge in [0.15, 0.2) is 0 Å². The lowest BCUT2D eigenvalue weighted by molar-refractivity contribution is -0.384. The number of hydrogen-bond donors (Lipinski definition) is 1. The van der Waals surface area contributed by atoms with Crippen LogP contribution < -0.4 is 5.32 Å². The van der Waals surface area contributed by atoms with E-state index in [4.69, 9.17) is 16.3 Å². The van der Waals surface area contributed by atoms with Gasteiger partial charge in [-0.15, -0.1) is 0 Å². The van der Waals surface area contributed by atoms with E-state index < -0.39 is 16.9 Å². The zero-order valence-electron chi connectivity index (χ0n) is 12.8. The second-order valence-electron chi connectivity index (χ2n) is 4.80. The van der Waals surface area contributed by atoms with Crippen molar-refractivity contribution in [3.8, 4) is 0 Å². The lowest BCUT2D eigenvalue weighted by Crippen LogP contribution is -2.33. The van der Waals surface area contributed by atoms with Gasteiger partial charge in [-0.25, -0.2) is 14.8 Å². The molecule has 8 nitrogen and oxygen atoms in total. The monoisotopic (exact) mass is 350 g/mol. The van der Waals surface area contributed by atoms with E-state index in [0.29, 0.717) is 5.82 Å². The van der Waals surface area contributed by atoms with Gasteiger partial charge in [0.2, 0.25) is 0 Å². The molecule has 1 aromatic carbocycles. The molecule has 2 aromatic rings. The van der Waals surface area contributed by atoms with Crippen molar-refractivity contribution in [1.29, 1.82) is 0 Å². The Morgan fingerprint density at radius 2 is 2.08 bits per heavy atom. The zero-order valence-corrected chi connectivity index (χ0v) is 13.6. The highest BCUT2D eigenvalue weighted by Gasteiger charge is 2.21. The molecule has 0 aliphatic rings. The number of carbonyl (C=O) groups is 1. The molecule has 9 heteroatoms. The molecule has 0 saturated heterocycles. The normalized spacial score (nSPS) is 11.6. The molecule has 1 aromatic heterocycles. The van der Waals surface area contributed by atoms with Gasteiger partial charge in [0, 0.05) is 24.6 Å². The molecule has 24 heavy (non-hydrogen) atoms. The number of hydrogen-bond acceptors (Lipinski definition) is 7. The second kappa shape index (κ2) is 8.21. The summed E-state index contributed by atoms with van der Waals surface area (Å²) in [6.45, 7) is 1.95. The number of aromatic nitrogens is 2. The third-order valence-electron chi connectivity index (χ3n) is 3.11. The molecular weight excluding hydrogens is 336 g/mol. The summed E-state index contributed by atoms with van der Waals surface area (Å²) in [6.07, 6.45) is 1.55. The predicted octanol–water partition coefficient (Wildman–Crippen LogP) is 2.62. The molecule has 0 aliphatic carbocycles. The van der Waals surface area contributed by atoms with Gasteiger partial charge in [-0.3, -0.25) is 10.1 Å². The standard InChI is InChI=1S/C15H15ClN4O4/c1-2-24-15(21)12(19-14-8-13(16)17-9-18-14)7-10-3-5-11(6-4-10)20(22)23/h3-6,8-9,12H,2,7H2,1H3,(H,17,18,19). The molecule has 0 saturated carbocycles. The average molecular weight is 351 g/mol. The van der Waals surface area contributed by atoms with Crippen LogP contribution in [-0.4, -0.2) is 33.5 Å². The zero-order chi connectivity index (χ0) is 17.5. The van der Waals surface area contributed by atoms with Crippen LogP contribution in [0.2, 0.25) is 5.15 Å². The van der Waals surface area contributed by atoms with Crippen molar-refractivity contribution in [1.82, 2.24) is 9.97 Å². The summed E-state index contributed by atoms with van der Waals surface area (Å²) >= 11 is 5.81. The van der Waals surface area contributed by atoms with Gasteiger partial charge >= 0.3 is 5.97 Å². The maximum absolute atomic E-state index is 12.1. The Morgan fingerprint density at radius 1 is 1.38 bits per heavy atom. The van der Waals surface area contributed by atoms with Gasteiger partial charge in [0.05, 0.1) is 11.5 Å². The molecular formula is C15H15ClN4O4. The highest BCUT2D eigenvalue weighted by atomic mass is 35.5. The molecule has 2 rings (SSSR count). The van der Waals surface area contributed by atoms with Crippen LogP contribution in [0, 0.1) is 10.1 Å². The first-order chi connectivity index (χ1) is 11.5. The lowest BCUT2D eigenvalue weighted by atomic mass is 10.1. The molecule has 1 atom stereocenters. The lowest BCUT2D eigenvalue weighted by Gasteiger charge is -2.17. The molecule has 1 heterocycles. The van der Waals surface area contributed by atoms with Gasteiger partial charge < -0.3 is 10.1 Å². The van der Waals surface area contributed by atoms with Gasteiger partial charge in [0.1, 0.15) is 23.3 Å². The Balaban J connectivity index is 2.16. The molecule has 0 spiro atoms. The highest BCUT2D eigenvalue weighted by Crippen LogP contribution is 2.16. The average Bonchev–Trinajstić information content (AvgIpc) is 2.55. The number of nitro groups is 1. The van der Waals surface area contributed by atoms with Gasteiger partial charge in [-0.05, 0) is 12.5 Å². The Morgan fingerprint density at radius 3 is 2.67 bits per heavy atom. The summed E-state index contributed by atoms with van der Waals surface area (Å²) in [6, 6.07) is 6.75. The van der Waals surface area contributed by atoms with Crippen LogP contribution in [-0.2, 0) is 16.0 Å². The summed E-state index contributed by atoms with van der Waals surface area (Å²) < 4.78 is 5.05. The number of anilines is 1. The van der Waals surface area contributed by atoms with Gasteiger partial charge in [0.25, 0.3) is 5.69 Å². The molecule has 0 fully saturated rings. The van der Waals surface area contributed by atoms with Crippen molar-refractivity contribution in [3.63, 3.8) is 0 Å². The molecule has 1 unspecified atom stereocenters. The SMILES string of the molecule is CCOC(=O)C(Cc1ccc([N+](=O)[O-])cc1)Nc1cc(Cl)ncn1. The molecule has 126 valence electrons. The Bertz CT molecular complexity index is 724. The number of rotatable bonds is 7. The number of ether oxygens (including phenoxy) is 1. The summed E-state index contributed by atoms with van der Waals surface area (Å²) in [5.41, 5.74) is 0.730. The van der Waals surface area contributed by atoms with Crippen molar-refractivity contribution in [2.24, 2.45) is 0 Å². The van der Waals surface area contributed by atoms with Crippen LogP contribution in [0.25, 0.3) is 0 Å². The van der Waals surface area contributed by atoms with E-state index in [2.05, 4.69) is 15.3 Å². The number of esters is 1. The van der Waals surface area contributed by atoms with E-state index in [1.807, 2.05) is 0 Å². The maximum Gasteiger partial charge on any atom is 0.328 e. The fraction of sp³-hybridized carbons (Fsp3) is 0.267. The highest BCUT2D eigenvalue weighted by molar-refractivity contribution is 6.29. The predicted molar refractivity (Wildman–Crippen MR) is 87.9 cm³/mol. The minimum Gasteiger partial charge on any atom is -0.464 e. The van der Waals surface area contributed by atoms with Crippen LogP contribution in [0.1, 0.15) is 12.5 Å². The van der Waals surface area contributed by atoms with Crippen molar-refractivity contribution >= 4 is 29.1 Å². The minimum atomic E-state index is -0.711. The molecule has 0 radical (unpaired) electrons. The number of nitro benzene ring substituents is 1. The van der Waals surface area contributed by atoms with Crippen LogP contribution in [0.15, 0.2) is 36.7 Å². The largest absolute Gasteiger partial charge is 0.464 e. The summed E-state index contributed by atoms with van der Waals surface area (Å²) in [5, 5.41) is 13.9. The van der Waals surface area contributed by atoms with Crippen molar-refractivity contribution in [3.05, 3.63) is 57.5 Å². The molecule has 1 N–H and O–H groups in total. The van der Waals surface area contributed by atoms with E-state index in [1.54, 1.807) is 19.1 Å². The quantitative estimate of drug-likeness (QED) is 0.354. The van der Waals surface area contributed by atoms with Crippen molar-refractivity contribution in [2.75, 3.05) is 11.9 Å². The topological polar surface area (TPSA) is 107 Å². The van der Waals surface area contributed by atoms with Crippen molar-refractivity contribution in [2.45, 2.75) is 19.4 Å². The number of benzene rings is 1. The van der Waals surface area contributed by atoms with E-state index >= 15 is 0 Å². The van der Waals surface area contributed by atoms with Crippen LogP contribution in [0.3, 0.4) is 0 Å².